The first-order valence-corrected chi connectivity index (χ1v) is 14.2. The van der Waals surface area contributed by atoms with Crippen LogP contribution in [0.15, 0.2) is 64.3 Å². The summed E-state index contributed by atoms with van der Waals surface area (Å²) in [6.45, 7) is 8.73. The predicted molar refractivity (Wildman–Crippen MR) is 156 cm³/mol. The summed E-state index contributed by atoms with van der Waals surface area (Å²) in [5.41, 5.74) is 1.10. The first-order valence-electron chi connectivity index (χ1n) is 13.4. The van der Waals surface area contributed by atoms with E-state index in [0.717, 1.165) is 11.1 Å². The van der Waals surface area contributed by atoms with Crippen LogP contribution in [0.25, 0.3) is 10.2 Å². The quantitative estimate of drug-likeness (QED) is 0.194. The molecule has 0 radical (unpaired) electrons. The summed E-state index contributed by atoms with van der Waals surface area (Å²) in [4.78, 5) is 33.4. The van der Waals surface area contributed by atoms with Crippen molar-refractivity contribution in [2.75, 3.05) is 25.2 Å². The Kier molecular flexibility index (Phi) is 8.03. The van der Waals surface area contributed by atoms with Crippen LogP contribution in [0, 0.1) is 12.8 Å². The average molecular weight is 577 g/mol. The highest BCUT2D eigenvalue weighted by Crippen LogP contribution is 2.46. The molecule has 0 saturated carbocycles. The Morgan fingerprint density at radius 3 is 2.61 bits per heavy atom. The van der Waals surface area contributed by atoms with Crippen LogP contribution in [0.1, 0.15) is 55.1 Å². The van der Waals surface area contributed by atoms with Crippen molar-refractivity contribution in [2.24, 2.45) is 5.92 Å². The number of methoxy groups -OCH3 is 1. The molecule has 0 bridgehead atoms. The molecule has 0 saturated heterocycles. The number of aliphatic hydroxyl groups excluding tert-OH is 1. The number of amides is 1. The standard InChI is InChI=1S/C31H32N2O7S/c1-6-38-24-15-19(8-12-22(24)39-14-13-17(2)3)27-26(28(34)23-11-7-18(4)40-23)29(35)30(36)33(27)31-32-21-10-9-20(37-5)16-25(21)41-31/h7-12,15-17,27,35H,6,13-14H2,1-5H3. The minimum absolute atomic E-state index is 0.0245. The molecule has 2 aromatic carbocycles. The van der Waals surface area contributed by atoms with Gasteiger partial charge < -0.3 is 23.7 Å². The van der Waals surface area contributed by atoms with Gasteiger partial charge in [-0.25, -0.2) is 4.98 Å². The summed E-state index contributed by atoms with van der Waals surface area (Å²) < 4.78 is 23.6. The Labute approximate surface area is 242 Å². The van der Waals surface area contributed by atoms with E-state index >= 15 is 0 Å². The number of aromatic nitrogens is 1. The lowest BCUT2D eigenvalue weighted by Crippen LogP contribution is -2.31. The van der Waals surface area contributed by atoms with Crippen LogP contribution < -0.4 is 19.1 Å². The van der Waals surface area contributed by atoms with Gasteiger partial charge in [-0.3, -0.25) is 14.5 Å². The molecule has 41 heavy (non-hydrogen) atoms. The molecule has 4 aromatic rings. The number of fused-ring (bicyclic) bond motifs is 1. The fraction of sp³-hybridized carbons (Fsp3) is 0.323. The van der Waals surface area contributed by atoms with Gasteiger partial charge >= 0.3 is 0 Å². The maximum atomic E-state index is 13.7. The molecule has 3 heterocycles. The van der Waals surface area contributed by atoms with Crippen molar-refractivity contribution in [3.05, 3.63) is 76.9 Å². The summed E-state index contributed by atoms with van der Waals surface area (Å²) in [7, 11) is 1.57. The number of furan rings is 1. The van der Waals surface area contributed by atoms with Crippen molar-refractivity contribution in [2.45, 2.75) is 40.2 Å². The summed E-state index contributed by atoms with van der Waals surface area (Å²) in [6.07, 6.45) is 0.873. The number of anilines is 1. The van der Waals surface area contributed by atoms with Crippen LogP contribution in [0.3, 0.4) is 0 Å². The van der Waals surface area contributed by atoms with Gasteiger partial charge in [-0.15, -0.1) is 0 Å². The van der Waals surface area contributed by atoms with E-state index in [-0.39, 0.29) is 11.3 Å². The minimum Gasteiger partial charge on any atom is -0.503 e. The van der Waals surface area contributed by atoms with E-state index in [4.69, 9.17) is 18.6 Å². The molecule has 2 aromatic heterocycles. The van der Waals surface area contributed by atoms with Gasteiger partial charge in [-0.05, 0) is 74.2 Å². The van der Waals surface area contributed by atoms with Crippen LogP contribution >= 0.6 is 11.3 Å². The van der Waals surface area contributed by atoms with Gasteiger partial charge in [-0.2, -0.15) is 0 Å². The van der Waals surface area contributed by atoms with Crippen molar-refractivity contribution in [1.82, 2.24) is 4.98 Å². The molecule has 0 fully saturated rings. The Morgan fingerprint density at radius 2 is 1.93 bits per heavy atom. The highest BCUT2D eigenvalue weighted by molar-refractivity contribution is 7.22. The van der Waals surface area contributed by atoms with Gasteiger partial charge in [0.2, 0.25) is 5.78 Å². The number of nitrogens with zero attached hydrogens (tertiary/aromatic N) is 2. The lowest BCUT2D eigenvalue weighted by atomic mass is 9.95. The van der Waals surface area contributed by atoms with Crippen molar-refractivity contribution < 1.29 is 33.3 Å². The second kappa shape index (κ2) is 11.7. The molecule has 10 heteroatoms. The first-order chi connectivity index (χ1) is 19.7. The molecule has 1 amide bonds. The molecule has 1 unspecified atom stereocenters. The highest BCUT2D eigenvalue weighted by atomic mass is 32.1. The van der Waals surface area contributed by atoms with E-state index in [9.17, 15) is 14.7 Å². The van der Waals surface area contributed by atoms with Crippen LogP contribution in [0.2, 0.25) is 0 Å². The van der Waals surface area contributed by atoms with Crippen LogP contribution in [-0.4, -0.2) is 42.1 Å². The third-order valence-electron chi connectivity index (χ3n) is 6.74. The smallest absolute Gasteiger partial charge is 0.296 e. The van der Waals surface area contributed by atoms with Gasteiger partial charge in [0.05, 0.1) is 42.2 Å². The van der Waals surface area contributed by atoms with Crippen LogP contribution in [0.4, 0.5) is 5.13 Å². The zero-order chi connectivity index (χ0) is 29.3. The lowest BCUT2D eigenvalue weighted by molar-refractivity contribution is -0.117. The third-order valence-corrected chi connectivity index (χ3v) is 7.76. The van der Waals surface area contributed by atoms with Crippen molar-refractivity contribution in [3.63, 3.8) is 0 Å². The average Bonchev–Trinajstić information content (AvgIpc) is 3.64. The SMILES string of the molecule is CCOc1cc(C2C(C(=O)c3ccc(C)o3)=C(O)C(=O)N2c2nc3ccc(OC)cc3s2)ccc1OCCC(C)C. The fourth-order valence-electron chi connectivity index (χ4n) is 4.65. The number of ketones is 1. The van der Waals surface area contributed by atoms with Gasteiger partial charge in [0.15, 0.2) is 28.1 Å². The molecule has 1 atom stereocenters. The maximum absolute atomic E-state index is 13.7. The molecular formula is C31H32N2O7S. The van der Waals surface area contributed by atoms with Gasteiger partial charge in [0.1, 0.15) is 11.5 Å². The summed E-state index contributed by atoms with van der Waals surface area (Å²) >= 11 is 1.26. The van der Waals surface area contributed by atoms with E-state index < -0.39 is 23.5 Å². The Hall–Kier alpha value is -4.31. The number of ether oxygens (including phenoxy) is 3. The zero-order valence-corrected chi connectivity index (χ0v) is 24.4. The molecule has 1 aliphatic rings. The predicted octanol–water partition coefficient (Wildman–Crippen LogP) is 6.81. The molecule has 214 valence electrons. The van der Waals surface area contributed by atoms with E-state index in [0.29, 0.717) is 58.4 Å². The summed E-state index contributed by atoms with van der Waals surface area (Å²) in [5, 5.41) is 11.5. The minimum atomic E-state index is -0.994. The number of rotatable bonds is 11. The number of carbonyl (C=O) groups is 2. The van der Waals surface area contributed by atoms with Gasteiger partial charge in [0.25, 0.3) is 5.91 Å². The molecule has 0 spiro atoms. The van der Waals surface area contributed by atoms with Crippen molar-refractivity contribution >= 4 is 38.4 Å². The largest absolute Gasteiger partial charge is 0.503 e. The molecule has 1 N–H and O–H groups in total. The number of hydrogen-bond acceptors (Lipinski definition) is 9. The number of thiazole rings is 1. The number of hydrogen-bond donors (Lipinski definition) is 1. The summed E-state index contributed by atoms with van der Waals surface area (Å²) in [5.74, 6) is 0.742. The summed E-state index contributed by atoms with van der Waals surface area (Å²) in [6, 6.07) is 12.9. The number of benzene rings is 2. The fourth-order valence-corrected chi connectivity index (χ4v) is 5.67. The number of aliphatic hydroxyl groups is 1. The normalized spacial score (nSPS) is 15.3. The van der Waals surface area contributed by atoms with E-state index in [1.807, 2.05) is 13.0 Å². The molecule has 0 aliphatic carbocycles. The van der Waals surface area contributed by atoms with Gasteiger partial charge in [0, 0.05) is 0 Å². The van der Waals surface area contributed by atoms with Crippen molar-refractivity contribution in [3.8, 4) is 17.2 Å². The maximum Gasteiger partial charge on any atom is 0.296 e. The van der Waals surface area contributed by atoms with E-state index in [1.165, 1.54) is 22.3 Å². The number of carbonyl (C=O) groups excluding carboxylic acids is 2. The van der Waals surface area contributed by atoms with E-state index in [1.54, 1.807) is 50.4 Å². The highest BCUT2D eigenvalue weighted by Gasteiger charge is 2.46. The van der Waals surface area contributed by atoms with Crippen LogP contribution in [-0.2, 0) is 4.79 Å². The zero-order valence-electron chi connectivity index (χ0n) is 23.6. The number of Topliss-reactive ketones (excluding diaryl/α,β-unsaturated/α-hetero) is 1. The molecule has 5 rings (SSSR count). The number of aryl methyl sites for hydroxylation is 1. The van der Waals surface area contributed by atoms with Crippen molar-refractivity contribution in [1.29, 1.82) is 0 Å². The first kappa shape index (κ1) is 28.2. The Morgan fingerprint density at radius 1 is 1.12 bits per heavy atom. The van der Waals surface area contributed by atoms with Gasteiger partial charge in [-0.1, -0.05) is 31.3 Å². The molecular weight excluding hydrogens is 544 g/mol. The molecule has 9 nitrogen and oxygen atoms in total. The molecule has 1 aliphatic heterocycles. The second-order valence-electron chi connectivity index (χ2n) is 10.1. The van der Waals surface area contributed by atoms with E-state index in [2.05, 4.69) is 18.8 Å². The van der Waals surface area contributed by atoms with Crippen LogP contribution in [0.5, 0.6) is 17.2 Å². The second-order valence-corrected chi connectivity index (χ2v) is 11.1. The third kappa shape index (κ3) is 5.52. The topological polar surface area (TPSA) is 111 Å². The monoisotopic (exact) mass is 576 g/mol. The Bertz CT molecular complexity index is 1630. The Balaban J connectivity index is 1.62. The lowest BCUT2D eigenvalue weighted by Gasteiger charge is -2.25.